The predicted molar refractivity (Wildman–Crippen MR) is 76.0 cm³/mol. The van der Waals surface area contributed by atoms with Crippen molar-refractivity contribution in [1.29, 1.82) is 0 Å². The van der Waals surface area contributed by atoms with Crippen LogP contribution >= 0.6 is 0 Å². The van der Waals surface area contributed by atoms with E-state index in [2.05, 4.69) is 20.4 Å². The highest BCUT2D eigenvalue weighted by molar-refractivity contribution is 5.80. The van der Waals surface area contributed by atoms with Crippen LogP contribution in [-0.4, -0.2) is 24.8 Å². The zero-order chi connectivity index (χ0) is 14.2. The Labute approximate surface area is 119 Å². The van der Waals surface area contributed by atoms with Crippen LogP contribution in [0.4, 0.5) is 4.39 Å². The molecule has 21 heavy (non-hydrogen) atoms. The topological polar surface area (TPSA) is 58.9 Å². The van der Waals surface area contributed by atoms with Gasteiger partial charge in [0.25, 0.3) is 0 Å². The van der Waals surface area contributed by atoms with Crippen LogP contribution < -0.4 is 0 Å². The molecule has 6 heteroatoms. The number of halogens is 1. The predicted octanol–water partition coefficient (Wildman–Crippen LogP) is 2.93. The minimum Gasteiger partial charge on any atom is -0.288 e. The molecule has 102 valence electrons. The fourth-order valence-corrected chi connectivity index (χ4v) is 2.33. The van der Waals surface area contributed by atoms with Crippen LogP contribution in [0.2, 0.25) is 0 Å². The summed E-state index contributed by atoms with van der Waals surface area (Å²) in [7, 11) is 0. The molecular formula is C15H10FN5. The molecule has 0 aliphatic rings. The van der Waals surface area contributed by atoms with Gasteiger partial charge in [-0.2, -0.15) is 5.10 Å². The molecule has 4 aromatic rings. The summed E-state index contributed by atoms with van der Waals surface area (Å²) in [6.07, 6.45) is 5.34. The molecule has 0 atom stereocenters. The number of nitrogens with one attached hydrogen (secondary N) is 1. The average molecular weight is 279 g/mol. The summed E-state index contributed by atoms with van der Waals surface area (Å²) in [5.41, 5.74) is 4.44. The van der Waals surface area contributed by atoms with E-state index in [1.54, 1.807) is 24.7 Å². The van der Waals surface area contributed by atoms with Crippen molar-refractivity contribution in [2.24, 2.45) is 0 Å². The standard InChI is InChI=1S/C15H10FN5/c16-12-4-1-10(2-5-12)15-13(7-17-20-15)11-3-6-14-19-18-9-21(14)8-11/h1-9H,(H,17,20). The summed E-state index contributed by atoms with van der Waals surface area (Å²) in [4.78, 5) is 0. The zero-order valence-corrected chi connectivity index (χ0v) is 10.9. The molecule has 3 aromatic heterocycles. The van der Waals surface area contributed by atoms with E-state index in [4.69, 9.17) is 0 Å². The lowest BCUT2D eigenvalue weighted by Crippen LogP contribution is -1.87. The Morgan fingerprint density at radius 3 is 2.67 bits per heavy atom. The minimum absolute atomic E-state index is 0.259. The highest BCUT2D eigenvalue weighted by atomic mass is 19.1. The Bertz CT molecular complexity index is 907. The quantitative estimate of drug-likeness (QED) is 0.613. The molecule has 5 nitrogen and oxygen atoms in total. The first-order valence-corrected chi connectivity index (χ1v) is 6.40. The first-order chi connectivity index (χ1) is 10.3. The van der Waals surface area contributed by atoms with Crippen molar-refractivity contribution >= 4 is 5.65 Å². The van der Waals surface area contributed by atoms with Gasteiger partial charge >= 0.3 is 0 Å². The van der Waals surface area contributed by atoms with Gasteiger partial charge in [0.1, 0.15) is 12.1 Å². The number of hydrogen-bond acceptors (Lipinski definition) is 3. The molecule has 4 rings (SSSR count). The fourth-order valence-electron chi connectivity index (χ4n) is 2.33. The maximum Gasteiger partial charge on any atom is 0.160 e. The second kappa shape index (κ2) is 4.52. The molecule has 0 amide bonds. The lowest BCUT2D eigenvalue weighted by atomic mass is 10.0. The molecule has 0 spiro atoms. The Morgan fingerprint density at radius 2 is 1.81 bits per heavy atom. The van der Waals surface area contributed by atoms with Gasteiger partial charge in [-0.1, -0.05) is 0 Å². The number of rotatable bonds is 2. The van der Waals surface area contributed by atoms with Gasteiger partial charge in [-0.3, -0.25) is 9.50 Å². The Morgan fingerprint density at radius 1 is 1.00 bits per heavy atom. The molecule has 1 N–H and O–H groups in total. The van der Waals surface area contributed by atoms with Crippen molar-refractivity contribution in [1.82, 2.24) is 24.8 Å². The average Bonchev–Trinajstić information content (AvgIpc) is 3.16. The highest BCUT2D eigenvalue weighted by Crippen LogP contribution is 2.30. The van der Waals surface area contributed by atoms with E-state index in [-0.39, 0.29) is 5.82 Å². The van der Waals surface area contributed by atoms with Crippen LogP contribution in [0, 0.1) is 5.82 Å². The van der Waals surface area contributed by atoms with Gasteiger partial charge in [0.05, 0.1) is 11.9 Å². The SMILES string of the molecule is Fc1ccc(-c2[nH]ncc2-c2ccc3nncn3c2)cc1. The normalized spacial score (nSPS) is 11.1. The molecule has 3 heterocycles. The van der Waals surface area contributed by atoms with Crippen LogP contribution in [-0.2, 0) is 0 Å². The number of hydrogen-bond donors (Lipinski definition) is 1. The van der Waals surface area contributed by atoms with Crippen LogP contribution in [0.15, 0.2) is 55.1 Å². The molecule has 0 saturated carbocycles. The van der Waals surface area contributed by atoms with E-state index in [0.29, 0.717) is 0 Å². The summed E-state index contributed by atoms with van der Waals surface area (Å²) in [6.45, 7) is 0. The molecule has 0 radical (unpaired) electrons. The van der Waals surface area contributed by atoms with Crippen molar-refractivity contribution < 1.29 is 4.39 Å². The van der Waals surface area contributed by atoms with Gasteiger partial charge < -0.3 is 0 Å². The molecule has 1 aromatic carbocycles. The largest absolute Gasteiger partial charge is 0.288 e. The summed E-state index contributed by atoms with van der Waals surface area (Å²) >= 11 is 0. The highest BCUT2D eigenvalue weighted by Gasteiger charge is 2.11. The zero-order valence-electron chi connectivity index (χ0n) is 10.9. The van der Waals surface area contributed by atoms with E-state index in [1.807, 2.05) is 22.7 Å². The monoisotopic (exact) mass is 279 g/mol. The van der Waals surface area contributed by atoms with Crippen LogP contribution in [0.3, 0.4) is 0 Å². The number of pyridine rings is 1. The number of H-pyrrole nitrogens is 1. The lowest BCUT2D eigenvalue weighted by Gasteiger charge is -2.04. The third-order valence-corrected chi connectivity index (χ3v) is 3.37. The van der Waals surface area contributed by atoms with Gasteiger partial charge in [0.15, 0.2) is 5.65 Å². The first kappa shape index (κ1) is 11.8. The minimum atomic E-state index is -0.259. The third kappa shape index (κ3) is 1.97. The number of aromatic nitrogens is 5. The smallest absolute Gasteiger partial charge is 0.160 e. The molecule has 0 aliphatic heterocycles. The van der Waals surface area contributed by atoms with Gasteiger partial charge in [-0.05, 0) is 36.4 Å². The molecule has 0 aliphatic carbocycles. The maximum absolute atomic E-state index is 13.0. The number of fused-ring (bicyclic) bond motifs is 1. The molecule has 0 unspecified atom stereocenters. The number of nitrogens with zero attached hydrogens (tertiary/aromatic N) is 4. The number of aromatic amines is 1. The van der Waals surface area contributed by atoms with Gasteiger partial charge in [0, 0.05) is 22.9 Å². The van der Waals surface area contributed by atoms with Crippen molar-refractivity contribution in [3.05, 3.63) is 60.9 Å². The Kier molecular flexibility index (Phi) is 2.53. The third-order valence-electron chi connectivity index (χ3n) is 3.37. The summed E-state index contributed by atoms with van der Waals surface area (Å²) in [5, 5.41) is 14.9. The second-order valence-electron chi connectivity index (χ2n) is 4.68. The van der Waals surface area contributed by atoms with Gasteiger partial charge in [0.2, 0.25) is 0 Å². The van der Waals surface area contributed by atoms with E-state index >= 15 is 0 Å². The van der Waals surface area contributed by atoms with Gasteiger partial charge in [-0.15, -0.1) is 10.2 Å². The lowest BCUT2D eigenvalue weighted by molar-refractivity contribution is 0.628. The van der Waals surface area contributed by atoms with Crippen molar-refractivity contribution in [2.75, 3.05) is 0 Å². The van der Waals surface area contributed by atoms with Gasteiger partial charge in [-0.25, -0.2) is 4.39 Å². The van der Waals surface area contributed by atoms with E-state index in [1.165, 1.54) is 12.1 Å². The van der Waals surface area contributed by atoms with Crippen LogP contribution in [0.1, 0.15) is 0 Å². The first-order valence-electron chi connectivity index (χ1n) is 6.40. The van der Waals surface area contributed by atoms with E-state index < -0.39 is 0 Å². The summed E-state index contributed by atoms with van der Waals surface area (Å²) in [5.74, 6) is -0.259. The van der Waals surface area contributed by atoms with Crippen molar-refractivity contribution in [2.45, 2.75) is 0 Å². The van der Waals surface area contributed by atoms with Crippen LogP contribution in [0.25, 0.3) is 28.0 Å². The number of benzene rings is 1. The molecule has 0 bridgehead atoms. The Balaban J connectivity index is 1.85. The van der Waals surface area contributed by atoms with Crippen molar-refractivity contribution in [3.8, 4) is 22.4 Å². The van der Waals surface area contributed by atoms with E-state index in [0.717, 1.165) is 28.0 Å². The molecule has 0 saturated heterocycles. The fraction of sp³-hybridized carbons (Fsp3) is 0. The molecule has 0 fully saturated rings. The maximum atomic E-state index is 13.0. The summed E-state index contributed by atoms with van der Waals surface area (Å²) in [6, 6.07) is 10.2. The molecular weight excluding hydrogens is 269 g/mol. The second-order valence-corrected chi connectivity index (χ2v) is 4.68. The summed E-state index contributed by atoms with van der Waals surface area (Å²) < 4.78 is 14.9. The van der Waals surface area contributed by atoms with Crippen molar-refractivity contribution in [3.63, 3.8) is 0 Å². The van der Waals surface area contributed by atoms with Crippen LogP contribution in [0.5, 0.6) is 0 Å². The van der Waals surface area contributed by atoms with E-state index in [9.17, 15) is 4.39 Å². The Hall–Kier alpha value is -3.02.